The van der Waals surface area contributed by atoms with Gasteiger partial charge in [0.15, 0.2) is 6.61 Å². The molecular weight excluding hydrogens is 309 g/mol. The number of halogens is 1. The zero-order valence-corrected chi connectivity index (χ0v) is 13.7. The Bertz CT molecular complexity index is 713. The molecule has 5 heteroatoms. The molecule has 0 fully saturated rings. The summed E-state index contributed by atoms with van der Waals surface area (Å²) in [6, 6.07) is 12.7. The van der Waals surface area contributed by atoms with E-state index in [-0.39, 0.29) is 5.56 Å². The molecule has 0 radical (unpaired) electrons. The third kappa shape index (κ3) is 4.91. The third-order valence-electron chi connectivity index (χ3n) is 3.77. The molecule has 1 amide bonds. The number of carbonyl (C=O) groups is 2. The van der Waals surface area contributed by atoms with Gasteiger partial charge in [-0.1, -0.05) is 32.0 Å². The van der Waals surface area contributed by atoms with Crippen LogP contribution < -0.4 is 5.32 Å². The first kappa shape index (κ1) is 17.7. The molecule has 0 unspecified atom stereocenters. The SMILES string of the molecule is CC[C@@H](C)c1ccc(NC(=O)COC(=O)c2cccc(F)c2)cc1. The maximum Gasteiger partial charge on any atom is 0.338 e. The summed E-state index contributed by atoms with van der Waals surface area (Å²) in [6.45, 7) is 3.83. The minimum Gasteiger partial charge on any atom is -0.452 e. The molecule has 126 valence electrons. The molecule has 0 aromatic heterocycles. The van der Waals surface area contributed by atoms with Gasteiger partial charge in [0.25, 0.3) is 5.91 Å². The lowest BCUT2D eigenvalue weighted by Crippen LogP contribution is -2.21. The second-order valence-corrected chi connectivity index (χ2v) is 5.57. The fourth-order valence-electron chi connectivity index (χ4n) is 2.16. The summed E-state index contributed by atoms with van der Waals surface area (Å²) in [7, 11) is 0. The average molecular weight is 329 g/mol. The van der Waals surface area contributed by atoms with E-state index in [1.54, 1.807) is 0 Å². The first-order valence-electron chi connectivity index (χ1n) is 7.82. The van der Waals surface area contributed by atoms with Gasteiger partial charge in [0.1, 0.15) is 5.82 Å². The summed E-state index contributed by atoms with van der Waals surface area (Å²) >= 11 is 0. The summed E-state index contributed by atoms with van der Waals surface area (Å²) in [5.74, 6) is -1.26. The van der Waals surface area contributed by atoms with Crippen molar-refractivity contribution < 1.29 is 18.7 Å². The van der Waals surface area contributed by atoms with Crippen molar-refractivity contribution in [3.8, 4) is 0 Å². The molecule has 0 heterocycles. The summed E-state index contributed by atoms with van der Waals surface area (Å²) in [5.41, 5.74) is 1.91. The lowest BCUT2D eigenvalue weighted by atomic mass is 9.99. The number of ether oxygens (including phenoxy) is 1. The molecule has 0 aliphatic carbocycles. The van der Waals surface area contributed by atoms with Crippen LogP contribution in [0.5, 0.6) is 0 Å². The van der Waals surface area contributed by atoms with Crippen molar-refractivity contribution in [3.05, 3.63) is 65.5 Å². The minimum atomic E-state index is -0.739. The highest BCUT2D eigenvalue weighted by Gasteiger charge is 2.11. The number of rotatable bonds is 6. The van der Waals surface area contributed by atoms with E-state index in [1.807, 2.05) is 24.3 Å². The lowest BCUT2D eigenvalue weighted by molar-refractivity contribution is -0.119. The number of anilines is 1. The first-order chi connectivity index (χ1) is 11.5. The molecule has 0 bridgehead atoms. The molecule has 1 N–H and O–H groups in total. The second-order valence-electron chi connectivity index (χ2n) is 5.57. The van der Waals surface area contributed by atoms with Crippen LogP contribution in [0, 0.1) is 5.82 Å². The Hall–Kier alpha value is -2.69. The smallest absolute Gasteiger partial charge is 0.338 e. The monoisotopic (exact) mass is 329 g/mol. The zero-order valence-electron chi connectivity index (χ0n) is 13.7. The Labute approximate surface area is 140 Å². The molecule has 0 aliphatic rings. The van der Waals surface area contributed by atoms with Gasteiger partial charge in [0.2, 0.25) is 0 Å². The highest BCUT2D eigenvalue weighted by molar-refractivity contribution is 5.95. The van der Waals surface area contributed by atoms with Crippen LogP contribution in [0.25, 0.3) is 0 Å². The summed E-state index contributed by atoms with van der Waals surface area (Å²) in [4.78, 5) is 23.6. The van der Waals surface area contributed by atoms with Crippen LogP contribution in [-0.2, 0) is 9.53 Å². The largest absolute Gasteiger partial charge is 0.452 e. The molecule has 0 saturated heterocycles. The Morgan fingerprint density at radius 1 is 1.17 bits per heavy atom. The number of hydrogen-bond acceptors (Lipinski definition) is 3. The highest BCUT2D eigenvalue weighted by Crippen LogP contribution is 2.20. The molecule has 2 rings (SSSR count). The van der Waals surface area contributed by atoms with E-state index < -0.39 is 24.3 Å². The fraction of sp³-hybridized carbons (Fsp3) is 0.263. The number of benzene rings is 2. The quantitative estimate of drug-likeness (QED) is 0.811. The van der Waals surface area contributed by atoms with Crippen molar-refractivity contribution in [2.75, 3.05) is 11.9 Å². The lowest BCUT2D eigenvalue weighted by Gasteiger charge is -2.10. The van der Waals surface area contributed by atoms with E-state index >= 15 is 0 Å². The Morgan fingerprint density at radius 2 is 1.88 bits per heavy atom. The number of esters is 1. The predicted octanol–water partition coefficient (Wildman–Crippen LogP) is 4.13. The Balaban J connectivity index is 1.86. The van der Waals surface area contributed by atoms with Gasteiger partial charge in [0, 0.05) is 5.69 Å². The summed E-state index contributed by atoms with van der Waals surface area (Å²) < 4.78 is 17.9. The van der Waals surface area contributed by atoms with E-state index in [2.05, 4.69) is 19.2 Å². The van der Waals surface area contributed by atoms with Crippen molar-refractivity contribution >= 4 is 17.6 Å². The Morgan fingerprint density at radius 3 is 2.50 bits per heavy atom. The van der Waals surface area contributed by atoms with Gasteiger partial charge >= 0.3 is 5.97 Å². The van der Waals surface area contributed by atoms with Crippen LogP contribution in [0.3, 0.4) is 0 Å². The highest BCUT2D eigenvalue weighted by atomic mass is 19.1. The van der Waals surface area contributed by atoms with Crippen molar-refractivity contribution in [2.45, 2.75) is 26.2 Å². The molecule has 24 heavy (non-hydrogen) atoms. The predicted molar refractivity (Wildman–Crippen MR) is 90.5 cm³/mol. The van der Waals surface area contributed by atoms with Gasteiger partial charge in [-0.2, -0.15) is 0 Å². The van der Waals surface area contributed by atoms with Gasteiger partial charge in [-0.05, 0) is 48.2 Å². The van der Waals surface area contributed by atoms with Crippen molar-refractivity contribution in [1.82, 2.24) is 0 Å². The van der Waals surface area contributed by atoms with Gasteiger partial charge in [-0.15, -0.1) is 0 Å². The molecule has 0 aliphatic heterocycles. The topological polar surface area (TPSA) is 55.4 Å². The van der Waals surface area contributed by atoms with E-state index in [4.69, 9.17) is 4.74 Å². The first-order valence-corrected chi connectivity index (χ1v) is 7.82. The zero-order chi connectivity index (χ0) is 17.5. The van der Waals surface area contributed by atoms with Gasteiger partial charge < -0.3 is 10.1 Å². The van der Waals surface area contributed by atoms with Crippen LogP contribution in [0.1, 0.15) is 42.1 Å². The third-order valence-corrected chi connectivity index (χ3v) is 3.77. The van der Waals surface area contributed by atoms with Crippen molar-refractivity contribution in [3.63, 3.8) is 0 Å². The molecule has 1 atom stereocenters. The summed E-state index contributed by atoms with van der Waals surface area (Å²) in [6.07, 6.45) is 1.04. The number of nitrogens with one attached hydrogen (secondary N) is 1. The fourth-order valence-corrected chi connectivity index (χ4v) is 2.16. The van der Waals surface area contributed by atoms with Crippen LogP contribution in [-0.4, -0.2) is 18.5 Å². The van der Waals surface area contributed by atoms with Gasteiger partial charge in [-0.25, -0.2) is 9.18 Å². The van der Waals surface area contributed by atoms with Crippen molar-refractivity contribution in [1.29, 1.82) is 0 Å². The second kappa shape index (κ2) is 8.24. The normalized spacial score (nSPS) is 11.6. The van der Waals surface area contributed by atoms with E-state index in [0.717, 1.165) is 12.5 Å². The standard InChI is InChI=1S/C19H20FNO3/c1-3-13(2)14-7-9-17(10-8-14)21-18(22)12-24-19(23)15-5-4-6-16(20)11-15/h4-11,13H,3,12H2,1-2H3,(H,21,22)/t13-/m1/s1. The van der Waals surface area contributed by atoms with Gasteiger partial charge in [0.05, 0.1) is 5.56 Å². The van der Waals surface area contributed by atoms with Crippen LogP contribution in [0.2, 0.25) is 0 Å². The summed E-state index contributed by atoms with van der Waals surface area (Å²) in [5, 5.41) is 2.65. The van der Waals surface area contributed by atoms with Crippen LogP contribution >= 0.6 is 0 Å². The number of carbonyl (C=O) groups excluding carboxylic acids is 2. The Kier molecular flexibility index (Phi) is 6.07. The van der Waals surface area contributed by atoms with E-state index in [1.165, 1.54) is 23.8 Å². The molecular formula is C19H20FNO3. The maximum atomic E-state index is 13.0. The number of amides is 1. The van der Waals surface area contributed by atoms with Crippen LogP contribution in [0.15, 0.2) is 48.5 Å². The molecule has 2 aromatic carbocycles. The molecule has 0 saturated carbocycles. The minimum absolute atomic E-state index is 0.0701. The molecule has 4 nitrogen and oxygen atoms in total. The van der Waals surface area contributed by atoms with Crippen molar-refractivity contribution in [2.24, 2.45) is 0 Å². The van der Waals surface area contributed by atoms with E-state index in [0.29, 0.717) is 11.6 Å². The molecule has 0 spiro atoms. The van der Waals surface area contributed by atoms with Gasteiger partial charge in [-0.3, -0.25) is 4.79 Å². The van der Waals surface area contributed by atoms with E-state index in [9.17, 15) is 14.0 Å². The maximum absolute atomic E-state index is 13.0. The average Bonchev–Trinajstić information content (AvgIpc) is 2.59. The molecule has 2 aromatic rings. The van der Waals surface area contributed by atoms with Crippen LogP contribution in [0.4, 0.5) is 10.1 Å². The number of hydrogen-bond donors (Lipinski definition) is 1.